The van der Waals surface area contributed by atoms with E-state index >= 15 is 0 Å². The molecule has 19 heavy (non-hydrogen) atoms. The number of carbonyl (C=O) groups excluding carboxylic acids is 1. The maximum absolute atomic E-state index is 11.7. The number of rotatable bonds is 3. The third-order valence-corrected chi connectivity index (χ3v) is 3.33. The molecule has 0 unspecified atom stereocenters. The quantitative estimate of drug-likeness (QED) is 0.851. The minimum Gasteiger partial charge on any atom is -0.490 e. The number of aryl methyl sites for hydroxylation is 1. The molecule has 0 aromatic heterocycles. The molecule has 1 aromatic rings. The van der Waals surface area contributed by atoms with Crippen LogP contribution in [0.2, 0.25) is 0 Å². The van der Waals surface area contributed by atoms with E-state index < -0.39 is 5.60 Å². The highest BCUT2D eigenvalue weighted by Crippen LogP contribution is 2.42. The number of aliphatic hydroxyl groups is 1. The Morgan fingerprint density at radius 3 is 3.00 bits per heavy atom. The molecule has 104 valence electrons. The van der Waals surface area contributed by atoms with Crippen molar-refractivity contribution in [2.24, 2.45) is 0 Å². The normalized spacial score (nSPS) is 25.4. The molecule has 0 saturated heterocycles. The summed E-state index contributed by atoms with van der Waals surface area (Å²) in [7, 11) is 0. The van der Waals surface area contributed by atoms with E-state index in [0.29, 0.717) is 24.3 Å². The molecule has 1 heterocycles. The molecule has 0 saturated carbocycles. The van der Waals surface area contributed by atoms with Gasteiger partial charge in [-0.1, -0.05) is 11.6 Å². The SMILES string of the molecule is CCOC(=O)C[C@]1(O)C[C@@H](C)Oc2ccc(C)cc21. The number of hydrogen-bond acceptors (Lipinski definition) is 4. The number of esters is 1. The Hall–Kier alpha value is -1.55. The van der Waals surface area contributed by atoms with Gasteiger partial charge in [-0.15, -0.1) is 0 Å². The molecule has 4 heteroatoms. The summed E-state index contributed by atoms with van der Waals surface area (Å²) in [4.78, 5) is 11.7. The molecular formula is C15H20O4. The first kappa shape index (κ1) is 13.9. The molecule has 0 amide bonds. The van der Waals surface area contributed by atoms with Crippen LogP contribution >= 0.6 is 0 Å². The molecule has 0 fully saturated rings. The lowest BCUT2D eigenvalue weighted by molar-refractivity contribution is -0.151. The van der Waals surface area contributed by atoms with E-state index in [4.69, 9.17) is 9.47 Å². The van der Waals surface area contributed by atoms with E-state index in [0.717, 1.165) is 5.56 Å². The molecule has 1 aliphatic heterocycles. The van der Waals surface area contributed by atoms with E-state index in [-0.39, 0.29) is 18.5 Å². The van der Waals surface area contributed by atoms with Gasteiger partial charge in [0.05, 0.1) is 19.1 Å². The van der Waals surface area contributed by atoms with E-state index in [1.54, 1.807) is 6.92 Å². The fraction of sp³-hybridized carbons (Fsp3) is 0.533. The van der Waals surface area contributed by atoms with Crippen LogP contribution in [0.5, 0.6) is 5.75 Å². The summed E-state index contributed by atoms with van der Waals surface area (Å²) in [5.41, 5.74) is 0.503. The molecule has 1 aliphatic rings. The maximum atomic E-state index is 11.7. The number of fused-ring (bicyclic) bond motifs is 1. The zero-order chi connectivity index (χ0) is 14.0. The topological polar surface area (TPSA) is 55.8 Å². The van der Waals surface area contributed by atoms with Crippen LogP contribution in [-0.2, 0) is 15.1 Å². The predicted molar refractivity (Wildman–Crippen MR) is 71.0 cm³/mol. The zero-order valence-electron chi connectivity index (χ0n) is 11.6. The first-order valence-corrected chi connectivity index (χ1v) is 6.60. The fourth-order valence-electron chi connectivity index (χ4n) is 2.57. The van der Waals surface area contributed by atoms with Crippen molar-refractivity contribution in [2.45, 2.75) is 45.3 Å². The first-order chi connectivity index (χ1) is 8.94. The number of benzene rings is 1. The summed E-state index contributed by atoms with van der Waals surface area (Å²) in [6.07, 6.45) is 0.224. The van der Waals surface area contributed by atoms with Gasteiger partial charge in [-0.05, 0) is 32.9 Å². The highest BCUT2D eigenvalue weighted by atomic mass is 16.5. The van der Waals surface area contributed by atoms with Gasteiger partial charge in [0.15, 0.2) is 0 Å². The Morgan fingerprint density at radius 1 is 1.58 bits per heavy atom. The van der Waals surface area contributed by atoms with Gasteiger partial charge in [0.2, 0.25) is 0 Å². The van der Waals surface area contributed by atoms with E-state index in [1.165, 1.54) is 0 Å². The van der Waals surface area contributed by atoms with Crippen LogP contribution in [0.25, 0.3) is 0 Å². The molecule has 1 N–H and O–H groups in total. The van der Waals surface area contributed by atoms with Crippen LogP contribution in [0, 0.1) is 6.92 Å². The van der Waals surface area contributed by atoms with Gasteiger partial charge in [-0.25, -0.2) is 0 Å². The maximum Gasteiger partial charge on any atom is 0.309 e. The largest absolute Gasteiger partial charge is 0.490 e. The third kappa shape index (κ3) is 2.89. The molecule has 0 spiro atoms. The Bertz CT molecular complexity index is 483. The van der Waals surface area contributed by atoms with Gasteiger partial charge < -0.3 is 14.6 Å². The molecule has 2 atom stereocenters. The Balaban J connectivity index is 2.35. The highest BCUT2D eigenvalue weighted by molar-refractivity contribution is 5.71. The molecule has 0 radical (unpaired) electrons. The van der Waals surface area contributed by atoms with Crippen molar-refractivity contribution in [3.63, 3.8) is 0 Å². The molecule has 2 rings (SSSR count). The Labute approximate surface area is 113 Å². The molecule has 4 nitrogen and oxygen atoms in total. The van der Waals surface area contributed by atoms with Gasteiger partial charge in [-0.3, -0.25) is 4.79 Å². The summed E-state index contributed by atoms with van der Waals surface area (Å²) >= 11 is 0. The Morgan fingerprint density at radius 2 is 2.32 bits per heavy atom. The van der Waals surface area contributed by atoms with Crippen LogP contribution < -0.4 is 4.74 Å². The smallest absolute Gasteiger partial charge is 0.309 e. The second-order valence-electron chi connectivity index (χ2n) is 5.15. The highest BCUT2D eigenvalue weighted by Gasteiger charge is 2.41. The van der Waals surface area contributed by atoms with E-state index in [1.807, 2.05) is 32.0 Å². The zero-order valence-corrected chi connectivity index (χ0v) is 11.6. The van der Waals surface area contributed by atoms with Gasteiger partial charge in [0.25, 0.3) is 0 Å². The van der Waals surface area contributed by atoms with Gasteiger partial charge in [-0.2, -0.15) is 0 Å². The second-order valence-corrected chi connectivity index (χ2v) is 5.15. The summed E-state index contributed by atoms with van der Waals surface area (Å²) in [6, 6.07) is 5.65. The number of hydrogen-bond donors (Lipinski definition) is 1. The van der Waals surface area contributed by atoms with E-state index in [2.05, 4.69) is 0 Å². The lowest BCUT2D eigenvalue weighted by Gasteiger charge is -2.37. The lowest BCUT2D eigenvalue weighted by Crippen LogP contribution is -2.39. The Kier molecular flexibility index (Phi) is 3.80. The molecule has 0 aliphatic carbocycles. The average molecular weight is 264 g/mol. The lowest BCUT2D eigenvalue weighted by atomic mass is 9.82. The van der Waals surface area contributed by atoms with Crippen LogP contribution in [0.1, 0.15) is 37.8 Å². The minimum absolute atomic E-state index is 0.0367. The minimum atomic E-state index is -1.20. The van der Waals surface area contributed by atoms with Gasteiger partial charge >= 0.3 is 5.97 Å². The van der Waals surface area contributed by atoms with E-state index in [9.17, 15) is 9.90 Å². The van der Waals surface area contributed by atoms with Crippen LogP contribution in [0.4, 0.5) is 0 Å². The van der Waals surface area contributed by atoms with Crippen molar-refractivity contribution in [1.29, 1.82) is 0 Å². The van der Waals surface area contributed by atoms with Crippen molar-refractivity contribution < 1.29 is 19.4 Å². The summed E-state index contributed by atoms with van der Waals surface area (Å²) < 4.78 is 10.7. The second kappa shape index (κ2) is 5.21. The van der Waals surface area contributed by atoms with Crippen molar-refractivity contribution in [2.75, 3.05) is 6.61 Å². The number of carbonyl (C=O) groups is 1. The van der Waals surface area contributed by atoms with Gasteiger partial charge in [0, 0.05) is 12.0 Å². The fourth-order valence-corrected chi connectivity index (χ4v) is 2.57. The van der Waals surface area contributed by atoms with Crippen molar-refractivity contribution >= 4 is 5.97 Å². The molecule has 0 bridgehead atoms. The van der Waals surface area contributed by atoms with Crippen molar-refractivity contribution in [3.05, 3.63) is 29.3 Å². The van der Waals surface area contributed by atoms with Crippen LogP contribution in [-0.4, -0.2) is 23.8 Å². The van der Waals surface area contributed by atoms with Gasteiger partial charge in [0.1, 0.15) is 11.4 Å². The number of ether oxygens (including phenoxy) is 2. The predicted octanol–water partition coefficient (Wildman–Crippen LogP) is 2.31. The average Bonchev–Trinajstić information content (AvgIpc) is 2.30. The van der Waals surface area contributed by atoms with Crippen molar-refractivity contribution in [3.8, 4) is 5.75 Å². The summed E-state index contributed by atoms with van der Waals surface area (Å²) in [6.45, 7) is 5.91. The summed E-state index contributed by atoms with van der Waals surface area (Å²) in [5.74, 6) is 0.266. The molecule has 1 aromatic carbocycles. The van der Waals surface area contributed by atoms with Crippen molar-refractivity contribution in [1.82, 2.24) is 0 Å². The third-order valence-electron chi connectivity index (χ3n) is 3.33. The standard InChI is InChI=1S/C15H20O4/c1-4-18-14(16)9-15(17)8-11(3)19-13-6-5-10(2)7-12(13)15/h5-7,11,17H,4,8-9H2,1-3H3/t11-,15-/m1/s1. The van der Waals surface area contributed by atoms with Crippen LogP contribution in [0.3, 0.4) is 0 Å². The molecular weight excluding hydrogens is 244 g/mol. The monoisotopic (exact) mass is 264 g/mol. The first-order valence-electron chi connectivity index (χ1n) is 6.60. The summed E-state index contributed by atoms with van der Waals surface area (Å²) in [5, 5.41) is 10.8. The van der Waals surface area contributed by atoms with Crippen LogP contribution in [0.15, 0.2) is 18.2 Å².